The van der Waals surface area contributed by atoms with Crippen LogP contribution in [-0.2, 0) is 11.2 Å². The number of nitrogens with zero attached hydrogens (tertiary/aromatic N) is 1. The summed E-state index contributed by atoms with van der Waals surface area (Å²) in [4.78, 5) is 14.9. The van der Waals surface area contributed by atoms with Crippen molar-refractivity contribution >= 4 is 5.91 Å². The minimum absolute atomic E-state index is 0.384. The van der Waals surface area contributed by atoms with Gasteiger partial charge in [0.25, 0.3) is 0 Å². The first-order chi connectivity index (χ1) is 6.42. The molecule has 0 spiro atoms. The summed E-state index contributed by atoms with van der Waals surface area (Å²) in [6.45, 7) is 3.47. The highest BCUT2D eigenvalue weighted by Crippen LogP contribution is 2.19. The molecular formula is C10H13FN2O. The van der Waals surface area contributed by atoms with Crippen molar-refractivity contribution in [1.29, 1.82) is 0 Å². The van der Waals surface area contributed by atoms with E-state index in [2.05, 4.69) is 4.98 Å². The van der Waals surface area contributed by atoms with Gasteiger partial charge >= 0.3 is 0 Å². The van der Waals surface area contributed by atoms with E-state index in [4.69, 9.17) is 5.73 Å². The fourth-order valence-corrected chi connectivity index (χ4v) is 1.05. The van der Waals surface area contributed by atoms with E-state index in [-0.39, 0.29) is 11.7 Å². The summed E-state index contributed by atoms with van der Waals surface area (Å²) < 4.78 is 12.5. The second kappa shape index (κ2) is 3.74. The van der Waals surface area contributed by atoms with Gasteiger partial charge in [-0.05, 0) is 12.1 Å². The van der Waals surface area contributed by atoms with E-state index in [0.717, 1.165) is 6.20 Å². The van der Waals surface area contributed by atoms with Gasteiger partial charge < -0.3 is 5.73 Å². The van der Waals surface area contributed by atoms with Gasteiger partial charge in [-0.15, -0.1) is 0 Å². The first-order valence-corrected chi connectivity index (χ1v) is 4.32. The van der Waals surface area contributed by atoms with Crippen LogP contribution in [0.15, 0.2) is 18.3 Å². The molecule has 2 N–H and O–H groups in total. The monoisotopic (exact) mass is 196 g/mol. The quantitative estimate of drug-likeness (QED) is 0.791. The number of carbonyl (C=O) groups is 1. The normalized spacial score (nSPS) is 11.4. The smallest absolute Gasteiger partial charge is 0.223 e. The summed E-state index contributed by atoms with van der Waals surface area (Å²) in [5, 5.41) is 0. The van der Waals surface area contributed by atoms with Crippen LogP contribution in [0, 0.1) is 11.2 Å². The maximum atomic E-state index is 12.5. The third-order valence-corrected chi connectivity index (χ3v) is 2.08. The van der Waals surface area contributed by atoms with Crippen molar-refractivity contribution in [2.24, 2.45) is 11.1 Å². The summed E-state index contributed by atoms with van der Waals surface area (Å²) in [6, 6.07) is 2.87. The SMILES string of the molecule is CC(C)(Cc1ccc(F)cn1)C(N)=O. The lowest BCUT2D eigenvalue weighted by atomic mass is 9.87. The zero-order valence-corrected chi connectivity index (χ0v) is 8.25. The van der Waals surface area contributed by atoms with Gasteiger partial charge in [0, 0.05) is 17.5 Å². The Balaban J connectivity index is 2.79. The highest BCUT2D eigenvalue weighted by molar-refractivity contribution is 5.80. The van der Waals surface area contributed by atoms with Crippen molar-refractivity contribution in [2.75, 3.05) is 0 Å². The molecule has 14 heavy (non-hydrogen) atoms. The van der Waals surface area contributed by atoms with Gasteiger partial charge in [0.15, 0.2) is 0 Å². The molecule has 1 heterocycles. The number of hydrogen-bond acceptors (Lipinski definition) is 2. The fourth-order valence-electron chi connectivity index (χ4n) is 1.05. The molecule has 1 amide bonds. The van der Waals surface area contributed by atoms with Crippen LogP contribution >= 0.6 is 0 Å². The molecule has 0 aliphatic heterocycles. The zero-order chi connectivity index (χ0) is 10.8. The molecule has 0 saturated heterocycles. The molecule has 1 rings (SSSR count). The summed E-state index contributed by atoms with van der Waals surface area (Å²) in [6.07, 6.45) is 1.55. The number of hydrogen-bond donors (Lipinski definition) is 1. The average Bonchev–Trinajstić information content (AvgIpc) is 2.08. The molecule has 0 aliphatic carbocycles. The molecule has 4 heteroatoms. The van der Waals surface area contributed by atoms with Crippen LogP contribution in [0.5, 0.6) is 0 Å². The van der Waals surface area contributed by atoms with Gasteiger partial charge in [-0.2, -0.15) is 0 Å². The Morgan fingerprint density at radius 3 is 2.64 bits per heavy atom. The number of nitrogens with two attached hydrogens (primary N) is 1. The van der Waals surface area contributed by atoms with Crippen LogP contribution in [0.4, 0.5) is 4.39 Å². The number of amides is 1. The first kappa shape index (κ1) is 10.6. The number of pyridine rings is 1. The number of primary amides is 1. The van der Waals surface area contributed by atoms with E-state index in [1.165, 1.54) is 6.07 Å². The summed E-state index contributed by atoms with van der Waals surface area (Å²) in [5.41, 5.74) is 5.22. The van der Waals surface area contributed by atoms with Crippen LogP contribution in [0.25, 0.3) is 0 Å². The first-order valence-electron chi connectivity index (χ1n) is 4.32. The van der Waals surface area contributed by atoms with Crippen molar-refractivity contribution in [3.63, 3.8) is 0 Å². The second-order valence-corrected chi connectivity index (χ2v) is 3.89. The molecule has 0 aromatic carbocycles. The van der Waals surface area contributed by atoms with Crippen molar-refractivity contribution in [1.82, 2.24) is 4.98 Å². The second-order valence-electron chi connectivity index (χ2n) is 3.89. The highest BCUT2D eigenvalue weighted by atomic mass is 19.1. The van der Waals surface area contributed by atoms with Gasteiger partial charge in [0.2, 0.25) is 5.91 Å². The lowest BCUT2D eigenvalue weighted by Crippen LogP contribution is -2.33. The summed E-state index contributed by atoms with van der Waals surface area (Å²) in [5.74, 6) is -0.769. The zero-order valence-electron chi connectivity index (χ0n) is 8.25. The molecule has 0 saturated carbocycles. The lowest BCUT2D eigenvalue weighted by Gasteiger charge is -2.19. The Hall–Kier alpha value is -1.45. The van der Waals surface area contributed by atoms with Gasteiger partial charge in [0.1, 0.15) is 5.82 Å². The maximum Gasteiger partial charge on any atom is 0.223 e. The van der Waals surface area contributed by atoms with Crippen LogP contribution in [0.2, 0.25) is 0 Å². The molecule has 0 aliphatic rings. The van der Waals surface area contributed by atoms with Crippen LogP contribution < -0.4 is 5.73 Å². The van der Waals surface area contributed by atoms with Gasteiger partial charge in [0.05, 0.1) is 6.20 Å². The van der Waals surface area contributed by atoms with Crippen molar-refractivity contribution in [3.05, 3.63) is 29.8 Å². The van der Waals surface area contributed by atoms with Crippen LogP contribution in [0.3, 0.4) is 0 Å². The van der Waals surface area contributed by atoms with E-state index in [9.17, 15) is 9.18 Å². The van der Waals surface area contributed by atoms with E-state index >= 15 is 0 Å². The number of aromatic nitrogens is 1. The molecule has 0 fully saturated rings. The number of carbonyl (C=O) groups excluding carboxylic acids is 1. The predicted octanol–water partition coefficient (Wildman–Crippen LogP) is 1.27. The molecule has 76 valence electrons. The summed E-state index contributed by atoms with van der Waals surface area (Å²) in [7, 11) is 0. The standard InChI is InChI=1S/C10H13FN2O/c1-10(2,9(12)14)5-8-4-3-7(11)6-13-8/h3-4,6H,5H2,1-2H3,(H2,12,14). The highest BCUT2D eigenvalue weighted by Gasteiger charge is 2.25. The minimum Gasteiger partial charge on any atom is -0.369 e. The van der Waals surface area contributed by atoms with Crippen LogP contribution in [0.1, 0.15) is 19.5 Å². The topological polar surface area (TPSA) is 56.0 Å². The van der Waals surface area contributed by atoms with Gasteiger partial charge in [-0.25, -0.2) is 4.39 Å². The Labute approximate surface area is 82.1 Å². The predicted molar refractivity (Wildman–Crippen MR) is 50.9 cm³/mol. The Morgan fingerprint density at radius 1 is 1.57 bits per heavy atom. The van der Waals surface area contributed by atoms with E-state index in [0.29, 0.717) is 12.1 Å². The Morgan fingerprint density at radius 2 is 2.21 bits per heavy atom. The minimum atomic E-state index is -0.648. The van der Waals surface area contributed by atoms with Crippen LogP contribution in [-0.4, -0.2) is 10.9 Å². The largest absolute Gasteiger partial charge is 0.369 e. The molecule has 0 unspecified atom stereocenters. The molecule has 3 nitrogen and oxygen atoms in total. The van der Waals surface area contributed by atoms with Crippen molar-refractivity contribution in [3.8, 4) is 0 Å². The number of rotatable bonds is 3. The van der Waals surface area contributed by atoms with Crippen molar-refractivity contribution in [2.45, 2.75) is 20.3 Å². The molecule has 1 aromatic heterocycles. The van der Waals surface area contributed by atoms with Crippen molar-refractivity contribution < 1.29 is 9.18 Å². The molecular weight excluding hydrogens is 183 g/mol. The average molecular weight is 196 g/mol. The Kier molecular flexibility index (Phi) is 2.84. The molecule has 0 atom stereocenters. The fraction of sp³-hybridized carbons (Fsp3) is 0.400. The van der Waals surface area contributed by atoms with E-state index in [1.54, 1.807) is 19.9 Å². The maximum absolute atomic E-state index is 12.5. The summed E-state index contributed by atoms with van der Waals surface area (Å²) >= 11 is 0. The third-order valence-electron chi connectivity index (χ3n) is 2.08. The van der Waals surface area contributed by atoms with E-state index in [1.807, 2.05) is 0 Å². The molecule has 0 bridgehead atoms. The molecule has 0 radical (unpaired) electrons. The number of halogens is 1. The van der Waals surface area contributed by atoms with Gasteiger partial charge in [-0.3, -0.25) is 9.78 Å². The third kappa shape index (κ3) is 2.52. The lowest BCUT2D eigenvalue weighted by molar-refractivity contribution is -0.125. The molecule has 1 aromatic rings. The van der Waals surface area contributed by atoms with Gasteiger partial charge in [-0.1, -0.05) is 13.8 Å². The van der Waals surface area contributed by atoms with E-state index < -0.39 is 5.41 Å². The Bertz CT molecular complexity index is 332.